The van der Waals surface area contributed by atoms with E-state index in [0.717, 1.165) is 0 Å². The Morgan fingerprint density at radius 2 is 2.06 bits per heavy atom. The van der Waals surface area contributed by atoms with Gasteiger partial charge in [0.1, 0.15) is 5.54 Å². The van der Waals surface area contributed by atoms with E-state index in [4.69, 9.17) is 0 Å². The molecular weight excluding hydrogens is 224 g/mol. The van der Waals surface area contributed by atoms with E-state index in [1.54, 1.807) is 11.9 Å². The molecule has 7 heteroatoms. The molecule has 2 aliphatic rings. The van der Waals surface area contributed by atoms with Crippen molar-refractivity contribution in [3.05, 3.63) is 0 Å². The SMILES string of the molecule is CNCC(=O)N1CCC2(CC1)NC(=O)NC2=O. The van der Waals surface area contributed by atoms with Crippen LogP contribution in [-0.4, -0.2) is 55.0 Å². The fourth-order valence-electron chi connectivity index (χ4n) is 2.28. The first-order valence-corrected chi connectivity index (χ1v) is 5.63. The van der Waals surface area contributed by atoms with Crippen molar-refractivity contribution in [1.29, 1.82) is 0 Å². The normalized spacial score (nSPS) is 22.5. The van der Waals surface area contributed by atoms with Gasteiger partial charge in [0.05, 0.1) is 6.54 Å². The van der Waals surface area contributed by atoms with E-state index in [2.05, 4.69) is 16.0 Å². The Morgan fingerprint density at radius 1 is 1.41 bits per heavy atom. The maximum absolute atomic E-state index is 11.7. The summed E-state index contributed by atoms with van der Waals surface area (Å²) in [5.74, 6) is -0.254. The molecular formula is C10H16N4O3. The quantitative estimate of drug-likeness (QED) is 0.507. The number of likely N-dealkylation sites (N-methyl/N-ethyl adjacent to an activating group) is 1. The van der Waals surface area contributed by atoms with E-state index < -0.39 is 11.6 Å². The molecule has 2 heterocycles. The lowest BCUT2D eigenvalue weighted by atomic mass is 9.88. The van der Waals surface area contributed by atoms with Crippen LogP contribution in [0.2, 0.25) is 0 Å². The van der Waals surface area contributed by atoms with Crippen LogP contribution < -0.4 is 16.0 Å². The molecule has 2 rings (SSSR count). The van der Waals surface area contributed by atoms with Crippen molar-refractivity contribution >= 4 is 17.8 Å². The molecule has 0 bridgehead atoms. The molecule has 0 aliphatic carbocycles. The van der Waals surface area contributed by atoms with Crippen molar-refractivity contribution in [2.45, 2.75) is 18.4 Å². The topological polar surface area (TPSA) is 90.5 Å². The summed E-state index contributed by atoms with van der Waals surface area (Å²) in [6.07, 6.45) is 0.944. The third-order valence-corrected chi connectivity index (χ3v) is 3.31. The van der Waals surface area contributed by atoms with E-state index in [0.29, 0.717) is 32.5 Å². The molecule has 0 aromatic rings. The van der Waals surface area contributed by atoms with Gasteiger partial charge in [-0.2, -0.15) is 0 Å². The lowest BCUT2D eigenvalue weighted by molar-refractivity contribution is -0.135. The fraction of sp³-hybridized carbons (Fsp3) is 0.700. The second-order valence-corrected chi connectivity index (χ2v) is 4.40. The summed E-state index contributed by atoms with van der Waals surface area (Å²) in [5, 5.41) is 7.70. The molecule has 0 atom stereocenters. The van der Waals surface area contributed by atoms with Crippen molar-refractivity contribution in [1.82, 2.24) is 20.9 Å². The summed E-state index contributed by atoms with van der Waals surface area (Å²) in [6.45, 7) is 1.29. The van der Waals surface area contributed by atoms with Gasteiger partial charge in [-0.1, -0.05) is 0 Å². The van der Waals surface area contributed by atoms with Gasteiger partial charge in [-0.15, -0.1) is 0 Å². The third kappa shape index (κ3) is 2.10. The molecule has 1 spiro atoms. The standard InChI is InChI=1S/C10H16N4O3/c1-11-6-7(15)14-4-2-10(3-5-14)8(16)12-9(17)13-10/h11H,2-6H2,1H3,(H2,12,13,16,17). The van der Waals surface area contributed by atoms with Crippen molar-refractivity contribution < 1.29 is 14.4 Å². The summed E-state index contributed by atoms with van der Waals surface area (Å²) < 4.78 is 0. The van der Waals surface area contributed by atoms with Crippen LogP contribution in [0.3, 0.4) is 0 Å². The highest BCUT2D eigenvalue weighted by molar-refractivity contribution is 6.07. The Kier molecular flexibility index (Phi) is 3.01. The van der Waals surface area contributed by atoms with Crippen LogP contribution in [0.25, 0.3) is 0 Å². The lowest BCUT2D eigenvalue weighted by Gasteiger charge is -2.36. The highest BCUT2D eigenvalue weighted by Crippen LogP contribution is 2.25. The molecule has 2 fully saturated rings. The van der Waals surface area contributed by atoms with Gasteiger partial charge in [-0.3, -0.25) is 14.9 Å². The molecule has 0 unspecified atom stereocenters. The average molecular weight is 240 g/mol. The van der Waals surface area contributed by atoms with E-state index >= 15 is 0 Å². The predicted octanol–water partition coefficient (Wildman–Crippen LogP) is -1.59. The van der Waals surface area contributed by atoms with Gasteiger partial charge in [-0.25, -0.2) is 4.79 Å². The zero-order valence-corrected chi connectivity index (χ0v) is 9.71. The second kappa shape index (κ2) is 4.33. The molecule has 3 N–H and O–H groups in total. The number of carbonyl (C=O) groups excluding carboxylic acids is 3. The first kappa shape index (κ1) is 11.8. The first-order chi connectivity index (χ1) is 8.07. The molecule has 0 saturated carbocycles. The number of nitrogens with zero attached hydrogens (tertiary/aromatic N) is 1. The largest absolute Gasteiger partial charge is 0.341 e. The van der Waals surface area contributed by atoms with E-state index in [1.165, 1.54) is 0 Å². The minimum Gasteiger partial charge on any atom is -0.341 e. The van der Waals surface area contributed by atoms with Gasteiger partial charge in [0.25, 0.3) is 5.91 Å². The molecule has 2 aliphatic heterocycles. The molecule has 7 nitrogen and oxygen atoms in total. The Morgan fingerprint density at radius 3 is 2.53 bits per heavy atom. The highest BCUT2D eigenvalue weighted by Gasteiger charge is 2.48. The van der Waals surface area contributed by atoms with Crippen LogP contribution in [0, 0.1) is 0 Å². The van der Waals surface area contributed by atoms with Crippen LogP contribution >= 0.6 is 0 Å². The number of hydrogen-bond donors (Lipinski definition) is 3. The Balaban J connectivity index is 1.96. The number of likely N-dealkylation sites (tertiary alicyclic amines) is 1. The summed E-state index contributed by atoms with van der Waals surface area (Å²) in [6, 6.07) is -0.440. The van der Waals surface area contributed by atoms with Crippen molar-refractivity contribution in [2.75, 3.05) is 26.7 Å². The lowest BCUT2D eigenvalue weighted by Crippen LogP contribution is -2.56. The minimum atomic E-state index is -0.798. The van der Waals surface area contributed by atoms with Crippen LogP contribution in [-0.2, 0) is 9.59 Å². The average Bonchev–Trinajstić information content (AvgIpc) is 2.55. The van der Waals surface area contributed by atoms with Crippen LogP contribution in [0.5, 0.6) is 0 Å². The van der Waals surface area contributed by atoms with Gasteiger partial charge >= 0.3 is 6.03 Å². The Labute approximate surface area is 98.9 Å². The third-order valence-electron chi connectivity index (χ3n) is 3.31. The smallest absolute Gasteiger partial charge is 0.322 e. The van der Waals surface area contributed by atoms with Gasteiger partial charge in [0, 0.05) is 13.1 Å². The van der Waals surface area contributed by atoms with Crippen molar-refractivity contribution in [2.24, 2.45) is 0 Å². The maximum Gasteiger partial charge on any atom is 0.322 e. The number of urea groups is 1. The highest BCUT2D eigenvalue weighted by atomic mass is 16.2. The number of amides is 4. The second-order valence-electron chi connectivity index (χ2n) is 4.40. The number of carbonyl (C=O) groups is 3. The molecule has 0 radical (unpaired) electrons. The molecule has 2 saturated heterocycles. The zero-order valence-electron chi connectivity index (χ0n) is 9.71. The summed E-state index contributed by atoms with van der Waals surface area (Å²) in [4.78, 5) is 36.1. The number of nitrogens with one attached hydrogen (secondary N) is 3. The molecule has 0 aromatic heterocycles. The monoisotopic (exact) mass is 240 g/mol. The van der Waals surface area contributed by atoms with Gasteiger partial charge in [-0.05, 0) is 19.9 Å². The van der Waals surface area contributed by atoms with Crippen molar-refractivity contribution in [3.63, 3.8) is 0 Å². The Hall–Kier alpha value is -1.63. The van der Waals surface area contributed by atoms with Crippen LogP contribution in [0.1, 0.15) is 12.8 Å². The zero-order chi connectivity index (χ0) is 12.5. The minimum absolute atomic E-state index is 0.0204. The number of rotatable bonds is 2. The summed E-state index contributed by atoms with van der Waals surface area (Å²) in [7, 11) is 1.72. The number of hydrogen-bond acceptors (Lipinski definition) is 4. The van der Waals surface area contributed by atoms with E-state index in [-0.39, 0.29) is 11.8 Å². The summed E-state index contributed by atoms with van der Waals surface area (Å²) in [5.41, 5.74) is -0.798. The predicted molar refractivity (Wildman–Crippen MR) is 59.1 cm³/mol. The number of imide groups is 1. The van der Waals surface area contributed by atoms with Crippen molar-refractivity contribution in [3.8, 4) is 0 Å². The van der Waals surface area contributed by atoms with Crippen LogP contribution in [0.15, 0.2) is 0 Å². The molecule has 94 valence electrons. The molecule has 4 amide bonds. The van der Waals surface area contributed by atoms with Gasteiger partial charge in [0.2, 0.25) is 5.91 Å². The maximum atomic E-state index is 11.7. The molecule has 0 aromatic carbocycles. The van der Waals surface area contributed by atoms with Gasteiger partial charge < -0.3 is 15.5 Å². The molecule has 17 heavy (non-hydrogen) atoms. The van der Waals surface area contributed by atoms with Crippen LogP contribution in [0.4, 0.5) is 4.79 Å². The number of piperidine rings is 1. The van der Waals surface area contributed by atoms with E-state index in [9.17, 15) is 14.4 Å². The van der Waals surface area contributed by atoms with E-state index in [1.807, 2.05) is 0 Å². The first-order valence-electron chi connectivity index (χ1n) is 5.63. The Bertz CT molecular complexity index is 361. The fourth-order valence-corrected chi connectivity index (χ4v) is 2.28. The van der Waals surface area contributed by atoms with Gasteiger partial charge in [0.15, 0.2) is 0 Å². The summed E-state index contributed by atoms with van der Waals surface area (Å²) >= 11 is 0.